The van der Waals surface area contributed by atoms with Crippen LogP contribution >= 0.6 is 0 Å². The molecule has 8 nitrogen and oxygen atoms in total. The number of rotatable bonds is 5. The molecule has 0 saturated carbocycles. The number of hydrogen-bond acceptors (Lipinski definition) is 5. The lowest BCUT2D eigenvalue weighted by Gasteiger charge is -2.22. The first-order valence-corrected chi connectivity index (χ1v) is 9.46. The van der Waals surface area contributed by atoms with Crippen molar-refractivity contribution in [2.45, 2.75) is 6.92 Å². The molecule has 2 heterocycles. The second kappa shape index (κ2) is 7.90. The predicted octanol–water partition coefficient (Wildman–Crippen LogP) is 2.66. The van der Waals surface area contributed by atoms with Gasteiger partial charge in [0.05, 0.1) is 12.8 Å². The Kier molecular flexibility index (Phi) is 5.16. The van der Waals surface area contributed by atoms with Gasteiger partial charge < -0.3 is 24.4 Å². The van der Waals surface area contributed by atoms with Gasteiger partial charge >= 0.3 is 6.03 Å². The molecule has 0 unspecified atom stereocenters. The maximum absolute atomic E-state index is 12.8. The van der Waals surface area contributed by atoms with Crippen LogP contribution in [0, 0.1) is 6.92 Å². The normalized spacial score (nSPS) is 15.4. The van der Waals surface area contributed by atoms with Crippen molar-refractivity contribution >= 4 is 23.3 Å². The first-order valence-electron chi connectivity index (χ1n) is 9.46. The van der Waals surface area contributed by atoms with E-state index in [1.54, 1.807) is 30.2 Å². The summed E-state index contributed by atoms with van der Waals surface area (Å²) in [4.78, 5) is 28.5. The number of carbonyl (C=O) groups excluding carboxylic acids is 2. The van der Waals surface area contributed by atoms with Crippen LogP contribution < -0.4 is 24.4 Å². The fraction of sp³-hybridized carbons (Fsp3) is 0.333. The van der Waals surface area contributed by atoms with Crippen LogP contribution in [0.1, 0.15) is 5.56 Å². The van der Waals surface area contributed by atoms with Gasteiger partial charge in [0.1, 0.15) is 25.5 Å². The summed E-state index contributed by atoms with van der Waals surface area (Å²) >= 11 is 0. The number of fused-ring (bicyclic) bond motifs is 1. The molecule has 29 heavy (non-hydrogen) atoms. The van der Waals surface area contributed by atoms with E-state index in [0.717, 1.165) is 11.3 Å². The quantitative estimate of drug-likeness (QED) is 0.839. The molecule has 1 fully saturated rings. The van der Waals surface area contributed by atoms with Crippen molar-refractivity contribution in [1.82, 2.24) is 4.90 Å². The highest BCUT2D eigenvalue weighted by Crippen LogP contribution is 2.35. The van der Waals surface area contributed by atoms with E-state index in [2.05, 4.69) is 5.32 Å². The van der Waals surface area contributed by atoms with Gasteiger partial charge in [-0.1, -0.05) is 6.07 Å². The molecule has 3 amide bonds. The number of aryl methyl sites for hydroxylation is 1. The molecular formula is C21H23N3O5. The van der Waals surface area contributed by atoms with Gasteiger partial charge in [0.25, 0.3) is 0 Å². The van der Waals surface area contributed by atoms with Crippen LogP contribution in [-0.2, 0) is 4.79 Å². The van der Waals surface area contributed by atoms with Gasteiger partial charge in [-0.15, -0.1) is 0 Å². The van der Waals surface area contributed by atoms with Crippen molar-refractivity contribution in [2.75, 3.05) is 50.2 Å². The molecule has 2 aliphatic heterocycles. The molecule has 0 atom stereocenters. The molecule has 0 radical (unpaired) electrons. The highest BCUT2D eigenvalue weighted by atomic mass is 16.6. The van der Waals surface area contributed by atoms with Crippen molar-refractivity contribution in [3.05, 3.63) is 42.0 Å². The second-order valence-corrected chi connectivity index (χ2v) is 6.94. The Morgan fingerprint density at radius 2 is 1.90 bits per heavy atom. The van der Waals surface area contributed by atoms with E-state index in [0.29, 0.717) is 49.2 Å². The first kappa shape index (κ1) is 18.9. The van der Waals surface area contributed by atoms with Crippen molar-refractivity contribution in [3.8, 4) is 17.2 Å². The van der Waals surface area contributed by atoms with Crippen LogP contribution in [-0.4, -0.2) is 56.8 Å². The summed E-state index contributed by atoms with van der Waals surface area (Å²) in [5.74, 6) is 1.61. The summed E-state index contributed by atoms with van der Waals surface area (Å²) in [6.45, 7) is 3.87. The van der Waals surface area contributed by atoms with Crippen LogP contribution in [0.15, 0.2) is 36.4 Å². The number of anilines is 2. The van der Waals surface area contributed by atoms with E-state index in [1.165, 1.54) is 4.90 Å². The molecular weight excluding hydrogens is 374 g/mol. The van der Waals surface area contributed by atoms with Gasteiger partial charge in [-0.3, -0.25) is 9.69 Å². The molecule has 0 bridgehead atoms. The molecule has 4 rings (SSSR count). The Bertz CT molecular complexity index is 946. The second-order valence-electron chi connectivity index (χ2n) is 6.94. The Morgan fingerprint density at radius 3 is 2.69 bits per heavy atom. The molecule has 0 aromatic heterocycles. The lowest BCUT2D eigenvalue weighted by Crippen LogP contribution is -2.37. The van der Waals surface area contributed by atoms with E-state index in [1.807, 2.05) is 25.1 Å². The summed E-state index contributed by atoms with van der Waals surface area (Å²) in [5.41, 5.74) is 2.32. The highest BCUT2D eigenvalue weighted by Gasteiger charge is 2.31. The first-order chi connectivity index (χ1) is 14.0. The van der Waals surface area contributed by atoms with Gasteiger partial charge in [0.2, 0.25) is 5.91 Å². The molecule has 2 aromatic carbocycles. The molecule has 2 aliphatic rings. The smallest absolute Gasteiger partial charge is 0.325 e. The minimum absolute atomic E-state index is 0.0308. The van der Waals surface area contributed by atoms with Gasteiger partial charge in [-0.2, -0.15) is 0 Å². The number of methoxy groups -OCH3 is 1. The summed E-state index contributed by atoms with van der Waals surface area (Å²) in [6.07, 6.45) is 0. The third kappa shape index (κ3) is 3.91. The monoisotopic (exact) mass is 397 g/mol. The maximum Gasteiger partial charge on any atom is 0.325 e. The lowest BCUT2D eigenvalue weighted by atomic mass is 10.2. The zero-order valence-corrected chi connectivity index (χ0v) is 16.4. The number of ether oxygens (including phenoxy) is 3. The molecule has 1 N–H and O–H groups in total. The van der Waals surface area contributed by atoms with E-state index in [-0.39, 0.29) is 18.5 Å². The summed E-state index contributed by atoms with van der Waals surface area (Å²) < 4.78 is 16.4. The molecule has 0 aliphatic carbocycles. The SMILES string of the molecule is COc1ccc(C)cc1NC(=O)CN1CCN(c2ccc3c(c2)OCCO3)C1=O. The van der Waals surface area contributed by atoms with Gasteiger partial charge in [0, 0.05) is 24.8 Å². The number of urea groups is 1. The van der Waals surface area contributed by atoms with E-state index >= 15 is 0 Å². The summed E-state index contributed by atoms with van der Waals surface area (Å²) in [7, 11) is 1.55. The zero-order chi connectivity index (χ0) is 20.4. The lowest BCUT2D eigenvalue weighted by molar-refractivity contribution is -0.116. The van der Waals surface area contributed by atoms with Crippen LogP contribution in [0.25, 0.3) is 0 Å². The molecule has 1 saturated heterocycles. The molecule has 2 aromatic rings. The number of benzene rings is 2. The fourth-order valence-electron chi connectivity index (χ4n) is 3.45. The number of nitrogens with one attached hydrogen (secondary N) is 1. The van der Waals surface area contributed by atoms with Gasteiger partial charge in [0.15, 0.2) is 11.5 Å². The minimum atomic E-state index is -0.272. The number of carbonyl (C=O) groups is 2. The Morgan fingerprint density at radius 1 is 1.10 bits per heavy atom. The van der Waals surface area contributed by atoms with Crippen LogP contribution in [0.3, 0.4) is 0 Å². The minimum Gasteiger partial charge on any atom is -0.495 e. The van der Waals surface area contributed by atoms with Crippen LogP contribution in [0.2, 0.25) is 0 Å². The van der Waals surface area contributed by atoms with Crippen molar-refractivity contribution in [1.29, 1.82) is 0 Å². The molecule has 0 spiro atoms. The average Bonchev–Trinajstić information content (AvgIpc) is 3.08. The van der Waals surface area contributed by atoms with Gasteiger partial charge in [-0.05, 0) is 36.8 Å². The maximum atomic E-state index is 12.8. The van der Waals surface area contributed by atoms with E-state index in [4.69, 9.17) is 14.2 Å². The van der Waals surface area contributed by atoms with Gasteiger partial charge in [-0.25, -0.2) is 4.79 Å². The number of hydrogen-bond donors (Lipinski definition) is 1. The molecule has 8 heteroatoms. The third-order valence-corrected chi connectivity index (χ3v) is 4.90. The fourth-order valence-corrected chi connectivity index (χ4v) is 3.45. The van der Waals surface area contributed by atoms with Crippen molar-refractivity contribution in [3.63, 3.8) is 0 Å². The van der Waals surface area contributed by atoms with E-state index in [9.17, 15) is 9.59 Å². The number of amides is 3. The predicted molar refractivity (Wildman–Crippen MR) is 108 cm³/mol. The Hall–Kier alpha value is -3.42. The average molecular weight is 397 g/mol. The summed E-state index contributed by atoms with van der Waals surface area (Å²) in [6, 6.07) is 10.8. The Balaban J connectivity index is 1.42. The third-order valence-electron chi connectivity index (χ3n) is 4.90. The largest absolute Gasteiger partial charge is 0.495 e. The topological polar surface area (TPSA) is 80.3 Å². The highest BCUT2D eigenvalue weighted by molar-refractivity contribution is 6.00. The van der Waals surface area contributed by atoms with Crippen LogP contribution in [0.4, 0.5) is 16.2 Å². The van der Waals surface area contributed by atoms with Crippen molar-refractivity contribution in [2.24, 2.45) is 0 Å². The number of nitrogens with zero attached hydrogens (tertiary/aromatic N) is 2. The Labute approximate surface area is 168 Å². The molecule has 152 valence electrons. The zero-order valence-electron chi connectivity index (χ0n) is 16.4. The van der Waals surface area contributed by atoms with Crippen molar-refractivity contribution < 1.29 is 23.8 Å². The van der Waals surface area contributed by atoms with Crippen LogP contribution in [0.5, 0.6) is 17.2 Å². The van der Waals surface area contributed by atoms with E-state index < -0.39 is 0 Å². The summed E-state index contributed by atoms with van der Waals surface area (Å²) in [5, 5.41) is 2.83. The standard InChI is InChI=1S/C21H23N3O5/c1-14-3-5-17(27-2)16(11-14)22-20(25)13-23-7-8-24(21(23)26)15-4-6-18-19(12-15)29-10-9-28-18/h3-6,11-12H,7-10,13H2,1-2H3,(H,22,25).